The highest BCUT2D eigenvalue weighted by molar-refractivity contribution is 6.32. The molecule has 0 amide bonds. The van der Waals surface area contributed by atoms with Gasteiger partial charge in [-0.2, -0.15) is 0 Å². The Kier molecular flexibility index (Phi) is 5.92. The lowest BCUT2D eigenvalue weighted by molar-refractivity contribution is 0.0282. The molecule has 2 aromatic rings. The molecule has 1 aromatic carbocycles. The molecule has 0 radical (unpaired) electrons. The fraction of sp³-hybridized carbons (Fsp3) is 0.333. The molecule has 6 heteroatoms. The summed E-state index contributed by atoms with van der Waals surface area (Å²) in [5.41, 5.74) is 0.811. The van der Waals surface area contributed by atoms with Crippen LogP contribution in [0.3, 0.4) is 0 Å². The zero-order valence-electron chi connectivity index (χ0n) is 11.7. The van der Waals surface area contributed by atoms with Gasteiger partial charge in [0, 0.05) is 12.2 Å². The van der Waals surface area contributed by atoms with Crippen molar-refractivity contribution in [3.05, 3.63) is 47.4 Å². The van der Waals surface area contributed by atoms with Crippen molar-refractivity contribution in [2.24, 2.45) is 0 Å². The standard InChI is InChI=1S/C15H18ClNO4/c1-19-15-5-4-11(7-14(15)16)17-8-12(18)9-20-10-13-3-2-6-21-13/h2-7,12,17-18H,8-10H2,1H3. The molecule has 1 heterocycles. The number of anilines is 1. The third kappa shape index (κ3) is 4.97. The van der Waals surface area contributed by atoms with E-state index < -0.39 is 6.10 Å². The fourth-order valence-electron chi connectivity index (χ4n) is 1.76. The molecule has 114 valence electrons. The van der Waals surface area contributed by atoms with E-state index in [-0.39, 0.29) is 6.61 Å². The van der Waals surface area contributed by atoms with Gasteiger partial charge < -0.3 is 24.3 Å². The Labute approximate surface area is 128 Å². The molecule has 0 saturated heterocycles. The lowest BCUT2D eigenvalue weighted by atomic mass is 10.3. The molecule has 2 rings (SSSR count). The van der Waals surface area contributed by atoms with Gasteiger partial charge in [-0.3, -0.25) is 0 Å². The number of ether oxygens (including phenoxy) is 2. The first-order valence-electron chi connectivity index (χ1n) is 6.54. The Bertz CT molecular complexity index is 545. The van der Waals surface area contributed by atoms with Gasteiger partial charge in [0.2, 0.25) is 0 Å². The van der Waals surface area contributed by atoms with Gasteiger partial charge in [0.25, 0.3) is 0 Å². The highest BCUT2D eigenvalue weighted by Gasteiger charge is 2.07. The molecular formula is C15H18ClNO4. The van der Waals surface area contributed by atoms with E-state index >= 15 is 0 Å². The van der Waals surface area contributed by atoms with Crippen molar-refractivity contribution in [2.45, 2.75) is 12.7 Å². The first-order chi connectivity index (χ1) is 10.2. The van der Waals surface area contributed by atoms with Crippen LogP contribution in [0.5, 0.6) is 5.75 Å². The zero-order valence-corrected chi connectivity index (χ0v) is 12.5. The molecule has 1 atom stereocenters. The van der Waals surface area contributed by atoms with E-state index in [1.165, 1.54) is 0 Å². The van der Waals surface area contributed by atoms with Crippen LogP contribution >= 0.6 is 11.6 Å². The van der Waals surface area contributed by atoms with Crippen LogP contribution in [-0.2, 0) is 11.3 Å². The summed E-state index contributed by atoms with van der Waals surface area (Å²) in [6.45, 7) is 0.927. The SMILES string of the molecule is COc1ccc(NCC(O)COCc2ccco2)cc1Cl. The Morgan fingerprint density at radius 3 is 2.90 bits per heavy atom. The van der Waals surface area contributed by atoms with Gasteiger partial charge in [0.15, 0.2) is 0 Å². The second kappa shape index (κ2) is 7.93. The summed E-state index contributed by atoms with van der Waals surface area (Å²) in [6.07, 6.45) is 0.963. The van der Waals surface area contributed by atoms with Crippen molar-refractivity contribution in [3.8, 4) is 5.75 Å². The Morgan fingerprint density at radius 2 is 2.24 bits per heavy atom. The Morgan fingerprint density at radius 1 is 1.38 bits per heavy atom. The van der Waals surface area contributed by atoms with E-state index in [1.54, 1.807) is 31.6 Å². The van der Waals surface area contributed by atoms with Crippen LogP contribution in [-0.4, -0.2) is 31.5 Å². The van der Waals surface area contributed by atoms with Crippen LogP contribution in [0.1, 0.15) is 5.76 Å². The normalized spacial score (nSPS) is 12.1. The maximum atomic E-state index is 9.83. The molecule has 0 fully saturated rings. The maximum Gasteiger partial charge on any atom is 0.137 e. The minimum absolute atomic E-state index is 0.220. The zero-order chi connectivity index (χ0) is 15.1. The summed E-state index contributed by atoms with van der Waals surface area (Å²) in [4.78, 5) is 0. The molecule has 2 N–H and O–H groups in total. The van der Waals surface area contributed by atoms with E-state index in [0.29, 0.717) is 23.9 Å². The number of aliphatic hydroxyl groups is 1. The predicted molar refractivity (Wildman–Crippen MR) is 80.9 cm³/mol. The van der Waals surface area contributed by atoms with E-state index in [2.05, 4.69) is 5.32 Å². The largest absolute Gasteiger partial charge is 0.495 e. The lowest BCUT2D eigenvalue weighted by Crippen LogP contribution is -2.24. The number of methoxy groups -OCH3 is 1. The second-order valence-electron chi connectivity index (χ2n) is 4.48. The molecule has 0 bridgehead atoms. The summed E-state index contributed by atoms with van der Waals surface area (Å²) >= 11 is 6.02. The predicted octanol–water partition coefficient (Wildman–Crippen LogP) is 2.93. The number of hydrogen-bond acceptors (Lipinski definition) is 5. The van der Waals surface area contributed by atoms with E-state index in [0.717, 1.165) is 11.4 Å². The maximum absolute atomic E-state index is 9.83. The molecule has 1 unspecified atom stereocenters. The first kappa shape index (κ1) is 15.7. The van der Waals surface area contributed by atoms with Crippen molar-refractivity contribution >= 4 is 17.3 Å². The molecule has 0 aliphatic heterocycles. The average molecular weight is 312 g/mol. The molecule has 0 aliphatic rings. The summed E-state index contributed by atoms with van der Waals surface area (Å²) in [5, 5.41) is 13.4. The number of halogens is 1. The third-order valence-electron chi connectivity index (χ3n) is 2.83. The van der Waals surface area contributed by atoms with Gasteiger partial charge in [0.05, 0.1) is 31.1 Å². The third-order valence-corrected chi connectivity index (χ3v) is 3.12. The molecule has 1 aromatic heterocycles. The molecule has 0 aliphatic carbocycles. The van der Waals surface area contributed by atoms with Crippen LogP contribution in [0.4, 0.5) is 5.69 Å². The topological polar surface area (TPSA) is 63.9 Å². The van der Waals surface area contributed by atoms with Crippen LogP contribution in [0.25, 0.3) is 0 Å². The van der Waals surface area contributed by atoms with Crippen LogP contribution < -0.4 is 10.1 Å². The van der Waals surface area contributed by atoms with Gasteiger partial charge in [-0.05, 0) is 30.3 Å². The van der Waals surface area contributed by atoms with Crippen molar-refractivity contribution < 1.29 is 19.0 Å². The van der Waals surface area contributed by atoms with E-state index in [1.807, 2.05) is 12.1 Å². The van der Waals surface area contributed by atoms with Gasteiger partial charge in [-0.25, -0.2) is 0 Å². The number of nitrogens with one attached hydrogen (secondary N) is 1. The second-order valence-corrected chi connectivity index (χ2v) is 4.89. The Balaban J connectivity index is 1.70. The minimum atomic E-state index is -0.624. The number of hydrogen-bond donors (Lipinski definition) is 2. The summed E-state index contributed by atoms with van der Waals surface area (Å²) < 4.78 is 15.6. The number of rotatable bonds is 8. The summed E-state index contributed by atoms with van der Waals surface area (Å²) in [6, 6.07) is 8.97. The molecular weight excluding hydrogens is 294 g/mol. The average Bonchev–Trinajstić information content (AvgIpc) is 2.98. The fourth-order valence-corrected chi connectivity index (χ4v) is 2.02. The molecule has 0 saturated carbocycles. The van der Waals surface area contributed by atoms with E-state index in [4.69, 9.17) is 25.5 Å². The molecule has 5 nitrogen and oxygen atoms in total. The van der Waals surface area contributed by atoms with Crippen LogP contribution in [0, 0.1) is 0 Å². The van der Waals surface area contributed by atoms with Crippen molar-refractivity contribution in [3.63, 3.8) is 0 Å². The minimum Gasteiger partial charge on any atom is -0.495 e. The van der Waals surface area contributed by atoms with Gasteiger partial charge in [0.1, 0.15) is 18.1 Å². The monoisotopic (exact) mass is 311 g/mol. The van der Waals surface area contributed by atoms with Crippen LogP contribution in [0.15, 0.2) is 41.0 Å². The summed E-state index contributed by atoms with van der Waals surface area (Å²) in [5.74, 6) is 1.35. The number of benzene rings is 1. The number of furan rings is 1. The smallest absolute Gasteiger partial charge is 0.137 e. The highest BCUT2D eigenvalue weighted by Crippen LogP contribution is 2.27. The number of aliphatic hydroxyl groups excluding tert-OH is 1. The molecule has 21 heavy (non-hydrogen) atoms. The Hall–Kier alpha value is -1.69. The first-order valence-corrected chi connectivity index (χ1v) is 6.92. The van der Waals surface area contributed by atoms with Gasteiger partial charge in [-0.1, -0.05) is 11.6 Å². The quantitative estimate of drug-likeness (QED) is 0.785. The van der Waals surface area contributed by atoms with E-state index in [9.17, 15) is 5.11 Å². The lowest BCUT2D eigenvalue weighted by Gasteiger charge is -2.13. The van der Waals surface area contributed by atoms with Crippen molar-refractivity contribution in [1.82, 2.24) is 0 Å². The molecule has 0 spiro atoms. The van der Waals surface area contributed by atoms with Gasteiger partial charge >= 0.3 is 0 Å². The van der Waals surface area contributed by atoms with Gasteiger partial charge in [-0.15, -0.1) is 0 Å². The summed E-state index contributed by atoms with van der Waals surface area (Å²) in [7, 11) is 1.56. The van der Waals surface area contributed by atoms with Crippen molar-refractivity contribution in [2.75, 3.05) is 25.6 Å². The van der Waals surface area contributed by atoms with Crippen molar-refractivity contribution in [1.29, 1.82) is 0 Å². The van der Waals surface area contributed by atoms with Crippen LogP contribution in [0.2, 0.25) is 5.02 Å². The highest BCUT2D eigenvalue weighted by atomic mass is 35.5.